The molecule has 182 valence electrons. The van der Waals surface area contributed by atoms with E-state index in [0.717, 1.165) is 30.9 Å². The van der Waals surface area contributed by atoms with Gasteiger partial charge in [0.15, 0.2) is 17.2 Å². The number of ether oxygens (including phenoxy) is 3. The Labute approximate surface area is 198 Å². The van der Waals surface area contributed by atoms with Gasteiger partial charge in [0.05, 0.1) is 19.9 Å². The summed E-state index contributed by atoms with van der Waals surface area (Å²) in [5.74, 6) is 2.28. The van der Waals surface area contributed by atoms with Crippen molar-refractivity contribution in [1.29, 1.82) is 0 Å². The summed E-state index contributed by atoms with van der Waals surface area (Å²) >= 11 is 0. The standard InChI is InChI=1S/C23H31N7O4/c1-23(2,3)34-22(31)25-15-7-6-11-29(14-15)19-13-16(20-24-10-12-30(20)28-19)26-18-9-8-17(32-4)21(27-18)33-5/h8-10,12-13,15H,6-7,11,14H2,1-5H3,(H,25,31)(H,26,27). The Hall–Kier alpha value is -3.76. The Bertz CT molecular complexity index is 1160. The van der Waals surface area contributed by atoms with Gasteiger partial charge in [-0.2, -0.15) is 4.98 Å². The van der Waals surface area contributed by atoms with Gasteiger partial charge in [-0.15, -0.1) is 5.10 Å². The van der Waals surface area contributed by atoms with Gasteiger partial charge in [0.2, 0.25) is 0 Å². The van der Waals surface area contributed by atoms with E-state index in [9.17, 15) is 4.79 Å². The molecule has 0 spiro atoms. The Morgan fingerprint density at radius 2 is 2.03 bits per heavy atom. The van der Waals surface area contributed by atoms with E-state index in [2.05, 4.69) is 25.5 Å². The van der Waals surface area contributed by atoms with Crippen LogP contribution in [0.25, 0.3) is 5.65 Å². The van der Waals surface area contributed by atoms with Crippen LogP contribution in [0.4, 0.5) is 22.1 Å². The van der Waals surface area contributed by atoms with E-state index < -0.39 is 11.7 Å². The highest BCUT2D eigenvalue weighted by Gasteiger charge is 2.26. The molecule has 11 heteroatoms. The van der Waals surface area contributed by atoms with Crippen molar-refractivity contribution in [2.24, 2.45) is 0 Å². The second kappa shape index (κ2) is 9.62. The molecule has 4 heterocycles. The number of methoxy groups -OCH3 is 2. The number of aromatic nitrogens is 4. The number of rotatable bonds is 6. The molecule has 11 nitrogen and oxygen atoms in total. The van der Waals surface area contributed by atoms with Crippen molar-refractivity contribution >= 4 is 29.1 Å². The molecule has 1 aliphatic heterocycles. The van der Waals surface area contributed by atoms with E-state index in [1.165, 1.54) is 0 Å². The van der Waals surface area contributed by atoms with Crippen molar-refractivity contribution in [3.05, 3.63) is 30.6 Å². The zero-order chi connectivity index (χ0) is 24.3. The van der Waals surface area contributed by atoms with E-state index >= 15 is 0 Å². The molecule has 0 bridgehead atoms. The maximum Gasteiger partial charge on any atom is 0.407 e. The van der Waals surface area contributed by atoms with E-state index in [-0.39, 0.29) is 6.04 Å². The first kappa shape index (κ1) is 23.4. The molecule has 3 aromatic rings. The van der Waals surface area contributed by atoms with Crippen molar-refractivity contribution in [3.8, 4) is 11.6 Å². The lowest BCUT2D eigenvalue weighted by molar-refractivity contribution is 0.0500. The summed E-state index contributed by atoms with van der Waals surface area (Å²) in [5.41, 5.74) is 0.878. The minimum atomic E-state index is -0.537. The molecule has 0 aliphatic carbocycles. The monoisotopic (exact) mass is 469 g/mol. The van der Waals surface area contributed by atoms with Crippen LogP contribution < -0.4 is 25.0 Å². The minimum absolute atomic E-state index is 0.0344. The molecule has 1 aliphatic rings. The van der Waals surface area contributed by atoms with Gasteiger partial charge in [-0.3, -0.25) is 0 Å². The molecule has 1 unspecified atom stereocenters. The van der Waals surface area contributed by atoms with Crippen LogP contribution in [0.2, 0.25) is 0 Å². The predicted octanol–water partition coefficient (Wildman–Crippen LogP) is 3.38. The number of amides is 1. The number of pyridine rings is 1. The first-order valence-electron chi connectivity index (χ1n) is 11.2. The molecule has 3 aromatic heterocycles. The van der Waals surface area contributed by atoms with Crippen molar-refractivity contribution in [2.75, 3.05) is 37.5 Å². The highest BCUT2D eigenvalue weighted by atomic mass is 16.6. The van der Waals surface area contributed by atoms with Gasteiger partial charge in [0.1, 0.15) is 11.4 Å². The molecular formula is C23H31N7O4. The first-order chi connectivity index (χ1) is 16.3. The van der Waals surface area contributed by atoms with Gasteiger partial charge in [-0.05, 0) is 45.7 Å². The summed E-state index contributed by atoms with van der Waals surface area (Å²) in [6, 6.07) is 5.50. The highest BCUT2D eigenvalue weighted by Crippen LogP contribution is 2.30. The Balaban J connectivity index is 1.55. The fraction of sp³-hybridized carbons (Fsp3) is 0.478. The van der Waals surface area contributed by atoms with Crippen LogP contribution in [0.1, 0.15) is 33.6 Å². The second-order valence-electron chi connectivity index (χ2n) is 9.08. The number of nitrogens with zero attached hydrogens (tertiary/aromatic N) is 5. The number of fused-ring (bicyclic) bond motifs is 1. The lowest BCUT2D eigenvalue weighted by Gasteiger charge is -2.34. The summed E-state index contributed by atoms with van der Waals surface area (Å²) < 4.78 is 17.7. The van der Waals surface area contributed by atoms with Crippen LogP contribution in [0.15, 0.2) is 30.6 Å². The van der Waals surface area contributed by atoms with Crippen LogP contribution >= 0.6 is 0 Å². The number of hydrogen-bond donors (Lipinski definition) is 2. The average molecular weight is 470 g/mol. The summed E-state index contributed by atoms with van der Waals surface area (Å²) in [6.45, 7) is 7.01. The van der Waals surface area contributed by atoms with Crippen LogP contribution in [0.3, 0.4) is 0 Å². The van der Waals surface area contributed by atoms with Crippen molar-refractivity contribution < 1.29 is 19.0 Å². The molecule has 0 aromatic carbocycles. The van der Waals surface area contributed by atoms with E-state index in [4.69, 9.17) is 19.3 Å². The number of carbonyl (C=O) groups is 1. The topological polar surface area (TPSA) is 115 Å². The van der Waals surface area contributed by atoms with Crippen LogP contribution in [0, 0.1) is 0 Å². The van der Waals surface area contributed by atoms with Crippen LogP contribution in [-0.2, 0) is 4.74 Å². The molecule has 1 saturated heterocycles. The fourth-order valence-corrected chi connectivity index (χ4v) is 3.86. The van der Waals surface area contributed by atoms with Gasteiger partial charge in [-0.25, -0.2) is 14.3 Å². The maximum absolute atomic E-state index is 12.2. The number of anilines is 3. The third kappa shape index (κ3) is 5.41. The molecule has 2 N–H and O–H groups in total. The van der Waals surface area contributed by atoms with Crippen molar-refractivity contribution in [2.45, 2.75) is 45.3 Å². The quantitative estimate of drug-likeness (QED) is 0.560. The Morgan fingerprint density at radius 1 is 1.21 bits per heavy atom. The molecule has 0 radical (unpaired) electrons. The first-order valence-corrected chi connectivity index (χ1v) is 11.2. The summed E-state index contributed by atoms with van der Waals surface area (Å²) in [4.78, 5) is 23.3. The highest BCUT2D eigenvalue weighted by molar-refractivity contribution is 5.75. The van der Waals surface area contributed by atoms with Crippen LogP contribution in [0.5, 0.6) is 11.6 Å². The van der Waals surface area contributed by atoms with Crippen LogP contribution in [-0.4, -0.2) is 64.6 Å². The van der Waals surface area contributed by atoms with Gasteiger partial charge < -0.3 is 29.7 Å². The van der Waals surface area contributed by atoms with Crippen molar-refractivity contribution in [1.82, 2.24) is 24.9 Å². The molecule has 0 saturated carbocycles. The van der Waals surface area contributed by atoms with E-state index in [0.29, 0.717) is 29.6 Å². The zero-order valence-corrected chi connectivity index (χ0v) is 20.2. The zero-order valence-electron chi connectivity index (χ0n) is 20.2. The van der Waals surface area contributed by atoms with Gasteiger partial charge in [-0.1, -0.05) is 0 Å². The predicted molar refractivity (Wildman–Crippen MR) is 128 cm³/mol. The molecule has 1 amide bonds. The number of carbonyl (C=O) groups excluding carboxylic acids is 1. The third-order valence-corrected chi connectivity index (χ3v) is 5.31. The van der Waals surface area contributed by atoms with Gasteiger partial charge >= 0.3 is 6.09 Å². The largest absolute Gasteiger partial charge is 0.491 e. The molecule has 1 atom stereocenters. The van der Waals surface area contributed by atoms with Crippen molar-refractivity contribution in [3.63, 3.8) is 0 Å². The minimum Gasteiger partial charge on any atom is -0.491 e. The molecular weight excluding hydrogens is 438 g/mol. The smallest absolute Gasteiger partial charge is 0.407 e. The SMILES string of the molecule is COc1ccc(Nc2cc(N3CCCC(NC(=O)OC(C)(C)C)C3)nn3ccnc23)nc1OC. The fourth-order valence-electron chi connectivity index (χ4n) is 3.86. The van der Waals surface area contributed by atoms with E-state index in [1.807, 2.05) is 32.9 Å². The number of hydrogen-bond acceptors (Lipinski definition) is 9. The third-order valence-electron chi connectivity index (χ3n) is 5.31. The summed E-state index contributed by atoms with van der Waals surface area (Å²) in [7, 11) is 3.11. The lowest BCUT2D eigenvalue weighted by atomic mass is 10.1. The molecule has 1 fully saturated rings. The molecule has 34 heavy (non-hydrogen) atoms. The Morgan fingerprint density at radius 3 is 2.76 bits per heavy atom. The number of alkyl carbamates (subject to hydrolysis) is 1. The normalized spacial score (nSPS) is 16.3. The molecule has 4 rings (SSSR count). The average Bonchev–Trinajstić information content (AvgIpc) is 3.27. The lowest BCUT2D eigenvalue weighted by Crippen LogP contribution is -2.49. The Kier molecular flexibility index (Phi) is 6.62. The van der Waals surface area contributed by atoms with Gasteiger partial charge in [0.25, 0.3) is 5.88 Å². The van der Waals surface area contributed by atoms with Gasteiger partial charge in [0, 0.05) is 37.6 Å². The maximum atomic E-state index is 12.2. The summed E-state index contributed by atoms with van der Waals surface area (Å²) in [5, 5.41) is 11.0. The number of nitrogens with one attached hydrogen (secondary N) is 2. The van der Waals surface area contributed by atoms with E-state index in [1.54, 1.807) is 37.2 Å². The number of piperidine rings is 1. The number of imidazole rings is 1. The second-order valence-corrected chi connectivity index (χ2v) is 9.08. The summed E-state index contributed by atoms with van der Waals surface area (Å²) in [6.07, 6.45) is 4.89.